The highest BCUT2D eigenvalue weighted by atomic mass is 35.5. The topological polar surface area (TPSA) is 177 Å². The number of rotatable bonds is 11. The molecule has 4 atom stereocenters. The number of sulfonamides is 2. The molecule has 3 amide bonds. The molecule has 3 aromatic rings. The van der Waals surface area contributed by atoms with Crippen LogP contribution in [0.1, 0.15) is 75.0 Å². The van der Waals surface area contributed by atoms with Gasteiger partial charge in [0.2, 0.25) is 20.0 Å². The summed E-state index contributed by atoms with van der Waals surface area (Å²) in [6.07, 6.45) is 4.34. The van der Waals surface area contributed by atoms with Crippen molar-refractivity contribution < 1.29 is 40.8 Å². The Morgan fingerprint density at radius 3 is 2.32 bits per heavy atom. The van der Waals surface area contributed by atoms with Gasteiger partial charge in [-0.2, -0.15) is 0 Å². The predicted octanol–water partition coefficient (Wildman–Crippen LogP) is 4.08. The zero-order valence-corrected chi connectivity index (χ0v) is 30.5. The molecule has 0 unspecified atom stereocenters. The molecule has 1 fully saturated rings. The summed E-state index contributed by atoms with van der Waals surface area (Å²) >= 11 is 13.0. The molecule has 1 heterocycles. The fourth-order valence-corrected chi connectivity index (χ4v) is 8.42. The van der Waals surface area contributed by atoms with Crippen molar-refractivity contribution in [2.75, 3.05) is 19.6 Å². The molecule has 1 saturated carbocycles. The molecule has 17 heteroatoms. The Labute approximate surface area is 300 Å². The lowest BCUT2D eigenvalue weighted by atomic mass is 9.76. The molecular formula is C33H36Cl2N4O9S2. The lowest BCUT2D eigenvalue weighted by molar-refractivity contribution is -0.138. The second-order valence-corrected chi connectivity index (χ2v) is 16.6. The summed E-state index contributed by atoms with van der Waals surface area (Å²) in [7, 11) is -6.18. The zero-order valence-electron chi connectivity index (χ0n) is 27.3. The Hall–Kier alpha value is -3.73. The van der Waals surface area contributed by atoms with Crippen LogP contribution in [0.5, 0.6) is 5.75 Å². The van der Waals surface area contributed by atoms with Crippen molar-refractivity contribution in [2.45, 2.75) is 56.3 Å². The van der Waals surface area contributed by atoms with E-state index in [0.717, 1.165) is 25.4 Å². The number of hydroxylamine groups is 1. The summed E-state index contributed by atoms with van der Waals surface area (Å²) in [6, 6.07) is 13.6. The van der Waals surface area contributed by atoms with E-state index in [2.05, 4.69) is 10.2 Å². The third-order valence-corrected chi connectivity index (χ3v) is 10.4. The highest BCUT2D eigenvalue weighted by Gasteiger charge is 2.49. The first kappa shape index (κ1) is 37.5. The Morgan fingerprint density at radius 1 is 0.920 bits per heavy atom. The van der Waals surface area contributed by atoms with E-state index in [1.54, 1.807) is 47.4 Å². The number of benzene rings is 3. The summed E-state index contributed by atoms with van der Waals surface area (Å²) in [5.74, 6) is -2.87. The Balaban J connectivity index is 1.52. The van der Waals surface area contributed by atoms with E-state index in [0.29, 0.717) is 34.6 Å². The number of methoxy groups -OCH3 is 1. The molecule has 1 aliphatic heterocycles. The molecule has 0 spiro atoms. The highest BCUT2D eigenvalue weighted by Crippen LogP contribution is 2.48. The van der Waals surface area contributed by atoms with Crippen molar-refractivity contribution >= 4 is 61.0 Å². The number of fused-ring (bicyclic) bond motifs is 1. The molecule has 50 heavy (non-hydrogen) atoms. The monoisotopic (exact) mass is 766 g/mol. The van der Waals surface area contributed by atoms with Gasteiger partial charge in [0.1, 0.15) is 5.75 Å². The molecule has 5 rings (SSSR count). The van der Waals surface area contributed by atoms with Gasteiger partial charge in [0.25, 0.3) is 17.7 Å². The zero-order chi connectivity index (χ0) is 36.4. The predicted molar refractivity (Wildman–Crippen MR) is 187 cm³/mol. The van der Waals surface area contributed by atoms with Gasteiger partial charge in [-0.25, -0.2) is 31.8 Å². The number of carbonyl (C=O) groups is 3. The molecule has 2 aliphatic rings. The van der Waals surface area contributed by atoms with Crippen LogP contribution in [-0.4, -0.2) is 71.2 Å². The summed E-state index contributed by atoms with van der Waals surface area (Å²) in [5, 5.41) is 0.551. The minimum Gasteiger partial charge on any atom is -0.496 e. The van der Waals surface area contributed by atoms with E-state index in [1.807, 2.05) is 4.72 Å². The van der Waals surface area contributed by atoms with Crippen molar-refractivity contribution in [1.29, 1.82) is 0 Å². The third-order valence-electron chi connectivity index (χ3n) is 8.59. The van der Waals surface area contributed by atoms with Crippen LogP contribution >= 0.6 is 23.2 Å². The highest BCUT2D eigenvalue weighted by molar-refractivity contribution is 7.89. The van der Waals surface area contributed by atoms with Gasteiger partial charge in [0.15, 0.2) is 0 Å². The van der Waals surface area contributed by atoms with Gasteiger partial charge >= 0.3 is 0 Å². The maximum Gasteiger partial charge on any atom is 0.268 e. The number of hydrogen-bond acceptors (Lipinski definition) is 9. The van der Waals surface area contributed by atoms with Crippen molar-refractivity contribution in [2.24, 2.45) is 0 Å². The second kappa shape index (κ2) is 15.3. The normalized spacial score (nSPS) is 20.9. The van der Waals surface area contributed by atoms with Gasteiger partial charge < -0.3 is 9.64 Å². The quantitative estimate of drug-likeness (QED) is 0.243. The molecule has 3 aromatic carbocycles. The Bertz CT molecular complexity index is 2030. The SMILES string of the molecule is COc1ccc(CONC(=O)[C@@H]2c3ccccc3C(=O)N([C@H]3CCCC[C@@H]3NS(C)(=O)=O)[C@H]2c2ccc(Cl)cc2Cl)cc1C(=O)NS(C)(=O)=O. The van der Waals surface area contributed by atoms with Crippen LogP contribution in [-0.2, 0) is 36.3 Å². The largest absolute Gasteiger partial charge is 0.496 e. The van der Waals surface area contributed by atoms with E-state index < -0.39 is 55.9 Å². The van der Waals surface area contributed by atoms with Crippen molar-refractivity contribution in [3.05, 3.63) is 98.5 Å². The van der Waals surface area contributed by atoms with Crippen molar-refractivity contribution in [3.8, 4) is 5.75 Å². The maximum absolute atomic E-state index is 14.4. The number of amides is 3. The standard InChI is InChI=1S/C33H36Cl2N4O9S2/c1-47-28-15-12-19(16-24(28)31(40)38-50(3,45)46)18-48-36-32(41)29-21-8-4-5-9-22(21)33(42)39(30(29)23-14-13-20(34)17-25(23)35)27-11-7-6-10-26(27)37-49(2,43)44/h4-5,8-9,12-17,26-27,29-30,37H,6-7,10-11,18H2,1-3H3,(H,36,41)(H,38,40)/t26-,27-,29+,30-/m0/s1. The number of nitrogens with zero attached hydrogens (tertiary/aromatic N) is 1. The fraction of sp³-hybridized carbons (Fsp3) is 0.364. The number of hydrogen-bond donors (Lipinski definition) is 3. The van der Waals surface area contributed by atoms with Crippen LogP contribution in [0.4, 0.5) is 0 Å². The van der Waals surface area contributed by atoms with E-state index in [1.165, 1.54) is 25.3 Å². The molecular weight excluding hydrogens is 731 g/mol. The Morgan fingerprint density at radius 2 is 1.64 bits per heavy atom. The van der Waals surface area contributed by atoms with Gasteiger partial charge in [-0.3, -0.25) is 19.2 Å². The third kappa shape index (κ3) is 8.58. The minimum absolute atomic E-state index is 0.0668. The smallest absolute Gasteiger partial charge is 0.268 e. The summed E-state index contributed by atoms with van der Waals surface area (Å²) in [6.45, 7) is -0.235. The van der Waals surface area contributed by atoms with Crippen LogP contribution in [0.3, 0.4) is 0 Å². The van der Waals surface area contributed by atoms with Gasteiger partial charge in [0.05, 0.1) is 43.8 Å². The summed E-state index contributed by atoms with van der Waals surface area (Å²) < 4.78 is 58.0. The van der Waals surface area contributed by atoms with Crippen LogP contribution in [0.25, 0.3) is 0 Å². The Kier molecular flexibility index (Phi) is 11.4. The fourth-order valence-electron chi connectivity index (χ4n) is 6.63. The lowest BCUT2D eigenvalue weighted by Crippen LogP contribution is -2.59. The maximum atomic E-state index is 14.4. The molecule has 0 bridgehead atoms. The first-order valence-corrected chi connectivity index (χ1v) is 20.1. The average molecular weight is 768 g/mol. The molecule has 268 valence electrons. The number of carbonyl (C=O) groups excluding carboxylic acids is 3. The summed E-state index contributed by atoms with van der Waals surface area (Å²) in [4.78, 5) is 48.6. The van der Waals surface area contributed by atoms with Crippen LogP contribution in [0.2, 0.25) is 10.0 Å². The molecule has 0 aromatic heterocycles. The first-order chi connectivity index (χ1) is 23.6. The molecule has 0 radical (unpaired) electrons. The molecule has 3 N–H and O–H groups in total. The van der Waals surface area contributed by atoms with E-state index in [4.69, 9.17) is 32.8 Å². The van der Waals surface area contributed by atoms with E-state index in [9.17, 15) is 31.2 Å². The number of nitrogens with one attached hydrogen (secondary N) is 3. The first-order valence-electron chi connectivity index (χ1n) is 15.5. The van der Waals surface area contributed by atoms with Gasteiger partial charge in [-0.05, 0) is 59.9 Å². The molecule has 1 aliphatic carbocycles. The van der Waals surface area contributed by atoms with E-state index in [-0.39, 0.29) is 34.4 Å². The van der Waals surface area contributed by atoms with Gasteiger partial charge in [-0.15, -0.1) is 0 Å². The van der Waals surface area contributed by atoms with Crippen LogP contribution in [0, 0.1) is 0 Å². The number of ether oxygens (including phenoxy) is 1. The average Bonchev–Trinajstić information content (AvgIpc) is 3.03. The number of halogens is 2. The molecule has 0 saturated heterocycles. The second-order valence-electron chi connectivity index (χ2n) is 12.2. The van der Waals surface area contributed by atoms with E-state index >= 15 is 0 Å². The van der Waals surface area contributed by atoms with Crippen molar-refractivity contribution in [1.82, 2.24) is 19.8 Å². The van der Waals surface area contributed by atoms with Gasteiger partial charge in [0, 0.05) is 27.7 Å². The summed E-state index contributed by atoms with van der Waals surface area (Å²) in [5.41, 5.74) is 3.94. The van der Waals surface area contributed by atoms with Gasteiger partial charge in [-0.1, -0.05) is 66.4 Å². The van der Waals surface area contributed by atoms with Crippen molar-refractivity contribution in [3.63, 3.8) is 0 Å². The van der Waals surface area contributed by atoms with Crippen LogP contribution in [0.15, 0.2) is 60.7 Å². The molecule has 13 nitrogen and oxygen atoms in total. The van der Waals surface area contributed by atoms with Crippen LogP contribution < -0.4 is 19.7 Å². The lowest BCUT2D eigenvalue weighted by Gasteiger charge is -2.49. The minimum atomic E-state index is -3.86.